The number of carbonyl (C=O) groups excluding carboxylic acids is 6. The van der Waals surface area contributed by atoms with Crippen LogP contribution in [-0.2, 0) is 28.7 Å². The van der Waals surface area contributed by atoms with Crippen LogP contribution in [-0.4, -0.2) is 127 Å². The van der Waals surface area contributed by atoms with Gasteiger partial charge in [-0.2, -0.15) is 0 Å². The molecule has 0 aromatic heterocycles. The summed E-state index contributed by atoms with van der Waals surface area (Å²) in [4.78, 5) is 128. The van der Waals surface area contributed by atoms with E-state index in [1.807, 2.05) is 0 Å². The zero-order chi connectivity index (χ0) is 41.6. The maximum Gasteiger partial charge on any atom is 0.336 e. The molecule has 8 rings (SSSR count). The highest BCUT2D eigenvalue weighted by Crippen LogP contribution is 2.53. The lowest BCUT2D eigenvalue weighted by Gasteiger charge is -2.30. The van der Waals surface area contributed by atoms with E-state index in [4.69, 9.17) is 9.47 Å². The minimum absolute atomic E-state index is 0.423. The number of hydrogen-bond donors (Lipinski definition) is 4. The molecule has 8 unspecified atom stereocenters. The van der Waals surface area contributed by atoms with Gasteiger partial charge < -0.3 is 30.3 Å². The number of imide groups is 2. The number of carboxylic acid groups (broad SMARTS) is 2. The maximum absolute atomic E-state index is 13.9. The Kier molecular flexibility index (Phi) is 8.58. The number of aromatic carboxylic acids is 2. The van der Waals surface area contributed by atoms with E-state index >= 15 is 0 Å². The van der Waals surface area contributed by atoms with Crippen LogP contribution in [0.1, 0.15) is 41.4 Å². The van der Waals surface area contributed by atoms with E-state index in [0.717, 1.165) is 46.2 Å². The summed E-state index contributed by atoms with van der Waals surface area (Å²) in [7, 11) is 0. The molecule has 2 aromatic carbocycles. The molecule has 6 aliphatic rings. The fourth-order valence-corrected chi connectivity index (χ4v) is 9.00. The van der Waals surface area contributed by atoms with E-state index in [1.54, 1.807) is 0 Å². The molecule has 4 fully saturated rings. The maximum atomic E-state index is 13.9. The summed E-state index contributed by atoms with van der Waals surface area (Å²) in [6, 6.07) is 6.16. The predicted octanol–water partition coefficient (Wildman–Crippen LogP) is -0.324. The Hall–Kier alpha value is -7.20. The van der Waals surface area contributed by atoms with Crippen LogP contribution < -0.4 is 10.6 Å². The van der Waals surface area contributed by atoms with Gasteiger partial charge in [-0.25, -0.2) is 9.59 Å². The molecule has 6 aliphatic heterocycles. The number of nitrogens with one attached hydrogen (secondary N) is 2. The van der Waals surface area contributed by atoms with E-state index < -0.39 is 164 Å². The summed E-state index contributed by atoms with van der Waals surface area (Å²) in [5.41, 5.74) is -7.46. The Bertz CT molecular complexity index is 2170. The Labute approximate surface area is 323 Å². The molecule has 0 radical (unpaired) electrons. The summed E-state index contributed by atoms with van der Waals surface area (Å²) in [5, 5.41) is 47.2. The topological polar surface area (TPSA) is 312 Å². The first-order chi connectivity index (χ1) is 27.5. The molecule has 58 heavy (non-hydrogen) atoms. The molecule has 6 heterocycles. The average molecular weight is 801 g/mol. The summed E-state index contributed by atoms with van der Waals surface area (Å²) >= 11 is 0. The molecule has 6 amide bonds. The van der Waals surface area contributed by atoms with Gasteiger partial charge in [-0.1, -0.05) is 36.4 Å². The number of carbonyl (C=O) groups is 8. The van der Waals surface area contributed by atoms with Crippen LogP contribution >= 0.6 is 0 Å². The van der Waals surface area contributed by atoms with Gasteiger partial charge in [0.25, 0.3) is 23.2 Å². The van der Waals surface area contributed by atoms with E-state index in [2.05, 4.69) is 10.6 Å². The summed E-state index contributed by atoms with van der Waals surface area (Å²) in [6.07, 6.45) is 4.17. The fraction of sp³-hybridized carbons (Fsp3) is 0.333. The highest BCUT2D eigenvalue weighted by Gasteiger charge is 2.69. The third kappa shape index (κ3) is 5.39. The highest BCUT2D eigenvalue weighted by atomic mass is 16.6. The zero-order valence-electron chi connectivity index (χ0n) is 29.5. The van der Waals surface area contributed by atoms with Gasteiger partial charge >= 0.3 is 11.9 Å². The second-order valence-corrected chi connectivity index (χ2v) is 14.3. The number of likely N-dealkylation sites (tertiary alicyclic amines) is 2. The molecular weight excluding hydrogens is 772 g/mol. The summed E-state index contributed by atoms with van der Waals surface area (Å²) < 4.78 is 12.0. The van der Waals surface area contributed by atoms with Crippen molar-refractivity contribution in [3.8, 4) is 0 Å². The number of fused-ring (bicyclic) bond motifs is 10. The molecule has 0 saturated carbocycles. The van der Waals surface area contributed by atoms with Gasteiger partial charge in [-0.3, -0.25) is 58.8 Å². The van der Waals surface area contributed by atoms with Gasteiger partial charge in [0.15, 0.2) is 0 Å². The third-order valence-electron chi connectivity index (χ3n) is 11.5. The molecule has 4 saturated heterocycles. The van der Waals surface area contributed by atoms with Gasteiger partial charge in [0.2, 0.25) is 23.6 Å². The lowest BCUT2D eigenvalue weighted by molar-refractivity contribution is -0.385. The van der Waals surface area contributed by atoms with Crippen LogP contribution in [0.25, 0.3) is 0 Å². The van der Waals surface area contributed by atoms with Crippen LogP contribution in [0.3, 0.4) is 0 Å². The normalized spacial score (nSPS) is 29.6. The zero-order valence-corrected chi connectivity index (χ0v) is 29.5. The molecule has 22 heteroatoms. The third-order valence-corrected chi connectivity index (χ3v) is 11.5. The van der Waals surface area contributed by atoms with E-state index in [0.29, 0.717) is 0 Å². The summed E-state index contributed by atoms with van der Waals surface area (Å²) in [6.45, 7) is -1.81. The summed E-state index contributed by atoms with van der Waals surface area (Å²) in [5.74, 6) is -12.8. The molecule has 0 aliphatic carbocycles. The van der Waals surface area contributed by atoms with Crippen molar-refractivity contribution >= 4 is 58.8 Å². The number of amides is 6. The molecule has 2 aromatic rings. The van der Waals surface area contributed by atoms with Crippen molar-refractivity contribution in [1.82, 2.24) is 20.4 Å². The monoisotopic (exact) mass is 800 g/mol. The number of nitrogens with zero attached hydrogens (tertiary/aromatic N) is 4. The van der Waals surface area contributed by atoms with Crippen LogP contribution in [0, 0.1) is 43.9 Å². The Morgan fingerprint density at radius 1 is 0.655 bits per heavy atom. The first-order valence-corrected chi connectivity index (χ1v) is 17.5. The second-order valence-electron chi connectivity index (χ2n) is 14.3. The molecule has 0 spiro atoms. The SMILES string of the molecule is O=C(O)c1cccc([N+](=O)[O-])c1C(=O)NCC12C=CC(O1)C1C(=O)N(CCN3C(=O)C4C5C=CC(CNC(=O)c6c(C(=O)O)cccc6[N+](=O)[O-])(O5)C4C3=O)C(=O)C12. The standard InChI is InChI=1S/C36H28N6O16/c43-27(21-15(33(49)50)3-1-5-17(21)41(53)54)37-13-35-9-7-19(57-35)23-25(35)31(47)39(29(23)45)11-12-40-30(46)24-20-8-10-36(58-20,26(24)32(40)48)14-38-28(44)22-16(34(51)52)4-2-6-18(22)42(55)56/h1-10,19-20,23-26H,11-14H2,(H,37,43)(H,38,44)(H,49,50)(H,51,52). The molecule has 4 bridgehead atoms. The molecular formula is C36H28N6O16. The molecule has 4 N–H and O–H groups in total. The Morgan fingerprint density at radius 3 is 1.38 bits per heavy atom. The number of rotatable bonds is 13. The van der Waals surface area contributed by atoms with Crippen molar-refractivity contribution in [2.24, 2.45) is 23.7 Å². The van der Waals surface area contributed by atoms with Gasteiger partial charge in [-0.15, -0.1) is 0 Å². The van der Waals surface area contributed by atoms with Crippen LogP contribution in [0.2, 0.25) is 0 Å². The van der Waals surface area contributed by atoms with Crippen molar-refractivity contribution in [1.29, 1.82) is 0 Å². The fourth-order valence-electron chi connectivity index (χ4n) is 9.00. The number of carboxylic acids is 2. The number of benzene rings is 2. The van der Waals surface area contributed by atoms with Gasteiger partial charge in [0, 0.05) is 25.2 Å². The Balaban J connectivity index is 0.954. The lowest BCUT2D eigenvalue weighted by atomic mass is 9.77. The van der Waals surface area contributed by atoms with Crippen molar-refractivity contribution in [3.63, 3.8) is 0 Å². The van der Waals surface area contributed by atoms with Crippen LogP contribution in [0.5, 0.6) is 0 Å². The number of nitro benzene ring substituents is 2. The lowest BCUT2D eigenvalue weighted by Crippen LogP contribution is -2.50. The largest absolute Gasteiger partial charge is 0.478 e. The van der Waals surface area contributed by atoms with Crippen LogP contribution in [0.15, 0.2) is 60.7 Å². The smallest absolute Gasteiger partial charge is 0.336 e. The van der Waals surface area contributed by atoms with E-state index in [-0.39, 0.29) is 0 Å². The molecule has 8 atom stereocenters. The van der Waals surface area contributed by atoms with E-state index in [9.17, 15) is 68.8 Å². The van der Waals surface area contributed by atoms with Crippen molar-refractivity contribution in [2.75, 3.05) is 26.2 Å². The van der Waals surface area contributed by atoms with E-state index in [1.165, 1.54) is 24.3 Å². The second kappa shape index (κ2) is 13.2. The van der Waals surface area contributed by atoms with Gasteiger partial charge in [0.1, 0.15) is 22.3 Å². The number of hydrogen-bond acceptors (Lipinski definition) is 14. The first-order valence-electron chi connectivity index (χ1n) is 17.5. The van der Waals surface area contributed by atoms with Gasteiger partial charge in [-0.05, 0) is 12.1 Å². The minimum atomic E-state index is -1.60. The van der Waals surface area contributed by atoms with Crippen molar-refractivity contribution in [2.45, 2.75) is 23.4 Å². The molecule has 298 valence electrons. The van der Waals surface area contributed by atoms with Gasteiger partial charge in [0.05, 0.1) is 69.9 Å². The first kappa shape index (κ1) is 37.7. The van der Waals surface area contributed by atoms with Crippen LogP contribution in [0.4, 0.5) is 11.4 Å². The number of nitro groups is 2. The average Bonchev–Trinajstić information content (AvgIpc) is 4.03. The number of ether oxygens (including phenoxy) is 2. The minimum Gasteiger partial charge on any atom is -0.478 e. The van der Waals surface area contributed by atoms with Crippen molar-refractivity contribution < 1.29 is 67.9 Å². The Morgan fingerprint density at radius 2 is 1.03 bits per heavy atom. The van der Waals surface area contributed by atoms with Crippen molar-refractivity contribution in [3.05, 3.63) is 103 Å². The quantitative estimate of drug-likeness (QED) is 0.0873. The molecule has 22 nitrogen and oxygen atoms in total. The predicted molar refractivity (Wildman–Crippen MR) is 186 cm³/mol. The highest BCUT2D eigenvalue weighted by molar-refractivity contribution is 6.11.